The first-order valence-corrected chi connectivity index (χ1v) is 7.88. The summed E-state index contributed by atoms with van der Waals surface area (Å²) in [5.41, 5.74) is 9.86. The van der Waals surface area contributed by atoms with E-state index in [-0.39, 0.29) is 11.6 Å². The number of rotatable bonds is 3. The fourth-order valence-electron chi connectivity index (χ4n) is 2.61. The lowest BCUT2D eigenvalue weighted by Crippen LogP contribution is -2.15. The van der Waals surface area contributed by atoms with E-state index in [1.807, 2.05) is 29.8 Å². The van der Waals surface area contributed by atoms with Gasteiger partial charge in [-0.25, -0.2) is 4.98 Å². The van der Waals surface area contributed by atoms with Crippen molar-refractivity contribution in [2.45, 2.75) is 0 Å². The van der Waals surface area contributed by atoms with Crippen LogP contribution >= 0.6 is 15.9 Å². The second kappa shape index (κ2) is 6.37. The largest absolute Gasteiger partial charge is 0.508 e. The maximum atomic E-state index is 9.54. The van der Waals surface area contributed by atoms with Crippen LogP contribution in [0.3, 0.4) is 0 Å². The summed E-state index contributed by atoms with van der Waals surface area (Å²) in [6, 6.07) is 10.6. The van der Waals surface area contributed by atoms with Crippen molar-refractivity contribution in [3.05, 3.63) is 59.0 Å². The van der Waals surface area contributed by atoms with Gasteiger partial charge in [0, 0.05) is 22.6 Å². The number of phenolic OH excluding ortho intramolecular Hbond substituents is 1. The highest BCUT2D eigenvalue weighted by Crippen LogP contribution is 2.37. The molecule has 4 N–H and O–H groups in total. The molecule has 3 rings (SSSR count). The molecule has 0 aliphatic heterocycles. The minimum atomic E-state index is 0.00697. The SMILES string of the molecule is Cn1cncc1-c1c(C(N)=NO)cc(Br)cc1-c1ccc(O)cc1. The number of hydrogen-bond donors (Lipinski definition) is 3. The van der Waals surface area contributed by atoms with Gasteiger partial charge >= 0.3 is 0 Å². The molecule has 1 aromatic heterocycles. The van der Waals surface area contributed by atoms with E-state index in [9.17, 15) is 5.11 Å². The van der Waals surface area contributed by atoms with Gasteiger partial charge in [-0.1, -0.05) is 33.2 Å². The Labute approximate surface area is 147 Å². The summed E-state index contributed by atoms with van der Waals surface area (Å²) >= 11 is 3.47. The van der Waals surface area contributed by atoms with Crippen molar-refractivity contribution in [2.75, 3.05) is 0 Å². The fraction of sp³-hybridized carbons (Fsp3) is 0.0588. The van der Waals surface area contributed by atoms with Gasteiger partial charge in [0.1, 0.15) is 5.75 Å². The van der Waals surface area contributed by atoms with Gasteiger partial charge in [0.05, 0.1) is 18.2 Å². The van der Waals surface area contributed by atoms with Crippen molar-refractivity contribution in [3.8, 4) is 28.1 Å². The van der Waals surface area contributed by atoms with E-state index in [1.54, 1.807) is 30.7 Å². The van der Waals surface area contributed by atoms with Gasteiger partial charge in [-0.15, -0.1) is 0 Å². The molecule has 0 saturated carbocycles. The molecule has 0 unspecified atom stereocenters. The standard InChI is InChI=1S/C17H15BrN4O2/c1-22-9-20-8-15(22)16-13(10-2-4-12(23)5-3-10)6-11(18)7-14(16)17(19)21-24/h2-9,23-24H,1H3,(H2,19,21). The molecule has 24 heavy (non-hydrogen) atoms. The van der Waals surface area contributed by atoms with Crippen LogP contribution in [0.15, 0.2) is 58.6 Å². The Morgan fingerprint density at radius 2 is 1.96 bits per heavy atom. The topological polar surface area (TPSA) is 96.7 Å². The van der Waals surface area contributed by atoms with Crippen LogP contribution in [0.5, 0.6) is 5.75 Å². The number of benzene rings is 2. The summed E-state index contributed by atoms with van der Waals surface area (Å²) in [7, 11) is 1.88. The summed E-state index contributed by atoms with van der Waals surface area (Å²) in [6.07, 6.45) is 3.41. The van der Waals surface area contributed by atoms with Crippen molar-refractivity contribution >= 4 is 21.8 Å². The number of aromatic nitrogens is 2. The molecule has 0 amide bonds. The zero-order valence-corrected chi connectivity index (χ0v) is 14.4. The zero-order valence-electron chi connectivity index (χ0n) is 12.8. The molecule has 0 aliphatic rings. The number of nitrogens with zero attached hydrogens (tertiary/aromatic N) is 3. The third-order valence-electron chi connectivity index (χ3n) is 3.74. The van der Waals surface area contributed by atoms with Crippen LogP contribution in [0.1, 0.15) is 5.56 Å². The van der Waals surface area contributed by atoms with Crippen LogP contribution in [-0.4, -0.2) is 25.7 Å². The summed E-state index contributed by atoms with van der Waals surface area (Å²) in [6.45, 7) is 0. The fourth-order valence-corrected chi connectivity index (χ4v) is 3.06. The number of nitrogens with two attached hydrogens (primary N) is 1. The van der Waals surface area contributed by atoms with E-state index < -0.39 is 0 Å². The first kappa shape index (κ1) is 16.1. The van der Waals surface area contributed by atoms with Crippen molar-refractivity contribution in [3.63, 3.8) is 0 Å². The molecule has 0 spiro atoms. The van der Waals surface area contributed by atoms with Crippen LogP contribution in [0.25, 0.3) is 22.4 Å². The predicted molar refractivity (Wildman–Crippen MR) is 96.0 cm³/mol. The number of phenols is 1. The quantitative estimate of drug-likeness (QED) is 0.278. The Morgan fingerprint density at radius 1 is 1.25 bits per heavy atom. The molecule has 2 aromatic carbocycles. The number of aromatic hydroxyl groups is 1. The molecule has 6 nitrogen and oxygen atoms in total. The Balaban J connectivity index is 2.38. The summed E-state index contributed by atoms with van der Waals surface area (Å²) in [5, 5.41) is 21.9. The smallest absolute Gasteiger partial charge is 0.170 e. The molecule has 0 saturated heterocycles. The summed E-state index contributed by atoms with van der Waals surface area (Å²) < 4.78 is 2.65. The van der Waals surface area contributed by atoms with Gasteiger partial charge in [-0.05, 0) is 35.4 Å². The number of oxime groups is 1. The molecule has 122 valence electrons. The zero-order chi connectivity index (χ0) is 17.3. The van der Waals surface area contributed by atoms with Crippen molar-refractivity contribution in [2.24, 2.45) is 17.9 Å². The first-order valence-electron chi connectivity index (χ1n) is 7.09. The molecule has 0 atom stereocenters. The average Bonchev–Trinajstić information content (AvgIpc) is 2.99. The Hall–Kier alpha value is -2.80. The van der Waals surface area contributed by atoms with Crippen LogP contribution in [0, 0.1) is 0 Å². The second-order valence-electron chi connectivity index (χ2n) is 5.30. The molecule has 0 radical (unpaired) electrons. The minimum Gasteiger partial charge on any atom is -0.508 e. The predicted octanol–water partition coefficient (Wildman–Crippen LogP) is 3.32. The van der Waals surface area contributed by atoms with Gasteiger partial charge in [-0.3, -0.25) is 0 Å². The third-order valence-corrected chi connectivity index (χ3v) is 4.20. The van der Waals surface area contributed by atoms with E-state index >= 15 is 0 Å². The molecule has 1 heterocycles. The molecule has 0 bridgehead atoms. The van der Waals surface area contributed by atoms with Gasteiger partial charge in [-0.2, -0.15) is 0 Å². The number of amidine groups is 1. The number of imidazole rings is 1. The van der Waals surface area contributed by atoms with Crippen molar-refractivity contribution in [1.29, 1.82) is 0 Å². The average molecular weight is 387 g/mol. The van der Waals surface area contributed by atoms with Crippen molar-refractivity contribution in [1.82, 2.24) is 9.55 Å². The molecule has 0 fully saturated rings. The maximum absolute atomic E-state index is 9.54. The van der Waals surface area contributed by atoms with E-state index in [4.69, 9.17) is 10.9 Å². The van der Waals surface area contributed by atoms with Crippen molar-refractivity contribution < 1.29 is 10.3 Å². The van der Waals surface area contributed by atoms with Crippen LogP contribution in [0.2, 0.25) is 0 Å². The van der Waals surface area contributed by atoms with E-state index in [0.717, 1.165) is 26.9 Å². The second-order valence-corrected chi connectivity index (χ2v) is 6.21. The minimum absolute atomic E-state index is 0.00697. The monoisotopic (exact) mass is 386 g/mol. The Kier molecular flexibility index (Phi) is 4.26. The summed E-state index contributed by atoms with van der Waals surface area (Å²) in [4.78, 5) is 4.16. The molecule has 3 aromatic rings. The van der Waals surface area contributed by atoms with E-state index in [1.165, 1.54) is 0 Å². The lowest BCUT2D eigenvalue weighted by atomic mass is 9.93. The normalized spacial score (nSPS) is 11.7. The van der Waals surface area contributed by atoms with Gasteiger partial charge < -0.3 is 20.6 Å². The van der Waals surface area contributed by atoms with Gasteiger partial charge in [0.25, 0.3) is 0 Å². The highest BCUT2D eigenvalue weighted by atomic mass is 79.9. The maximum Gasteiger partial charge on any atom is 0.170 e. The molecular formula is C17H15BrN4O2. The van der Waals surface area contributed by atoms with Gasteiger partial charge in [0.15, 0.2) is 5.84 Å². The molecular weight excluding hydrogens is 372 g/mol. The van der Waals surface area contributed by atoms with Crippen LogP contribution < -0.4 is 5.73 Å². The van der Waals surface area contributed by atoms with Crippen LogP contribution in [0.4, 0.5) is 0 Å². The number of halogens is 1. The lowest BCUT2D eigenvalue weighted by Gasteiger charge is -2.16. The number of aryl methyl sites for hydroxylation is 1. The number of hydrogen-bond acceptors (Lipinski definition) is 4. The lowest BCUT2D eigenvalue weighted by molar-refractivity contribution is 0.318. The Morgan fingerprint density at radius 3 is 2.54 bits per heavy atom. The van der Waals surface area contributed by atoms with E-state index in [0.29, 0.717) is 5.56 Å². The molecule has 0 aliphatic carbocycles. The van der Waals surface area contributed by atoms with Crippen LogP contribution in [-0.2, 0) is 7.05 Å². The first-order chi connectivity index (χ1) is 11.5. The molecule has 7 heteroatoms. The highest BCUT2D eigenvalue weighted by molar-refractivity contribution is 9.10. The van der Waals surface area contributed by atoms with E-state index in [2.05, 4.69) is 26.1 Å². The third kappa shape index (κ3) is 2.85. The van der Waals surface area contributed by atoms with Gasteiger partial charge in [0.2, 0.25) is 0 Å². The Bertz CT molecular complexity index is 917. The highest BCUT2D eigenvalue weighted by Gasteiger charge is 2.19. The summed E-state index contributed by atoms with van der Waals surface area (Å²) in [5.74, 6) is 0.194.